The predicted molar refractivity (Wildman–Crippen MR) is 73.7 cm³/mol. The van der Waals surface area contributed by atoms with E-state index < -0.39 is 0 Å². The number of halogens is 1. The van der Waals surface area contributed by atoms with Crippen LogP contribution in [0.4, 0.5) is 0 Å². The lowest BCUT2D eigenvalue weighted by molar-refractivity contribution is 0.305. The highest BCUT2D eigenvalue weighted by Crippen LogP contribution is 2.15. The van der Waals surface area contributed by atoms with E-state index in [9.17, 15) is 0 Å². The van der Waals surface area contributed by atoms with Gasteiger partial charge in [-0.1, -0.05) is 0 Å². The molecule has 0 amide bonds. The van der Waals surface area contributed by atoms with Crippen LogP contribution in [0.25, 0.3) is 0 Å². The molecule has 2 rings (SSSR count). The number of pyridine rings is 1. The summed E-state index contributed by atoms with van der Waals surface area (Å²) in [6.07, 6.45) is 3.49. The summed E-state index contributed by atoms with van der Waals surface area (Å²) in [4.78, 5) is 4.06. The van der Waals surface area contributed by atoms with Gasteiger partial charge in [0.1, 0.15) is 18.2 Å². The van der Waals surface area contributed by atoms with Gasteiger partial charge in [0.15, 0.2) is 0 Å². The van der Waals surface area contributed by atoms with Crippen LogP contribution in [0.2, 0.25) is 0 Å². The molecule has 1 aromatic carbocycles. The molecule has 3 N–H and O–H groups in total. The molecule has 0 radical (unpaired) electrons. The van der Waals surface area contributed by atoms with Crippen LogP contribution >= 0.6 is 15.9 Å². The molecule has 2 aromatic rings. The first-order valence-corrected chi connectivity index (χ1v) is 6.11. The minimum Gasteiger partial charge on any atom is -0.489 e. The second kappa shape index (κ2) is 5.64. The lowest BCUT2D eigenvalue weighted by Crippen LogP contribution is -2.10. The average molecular weight is 306 g/mol. The van der Waals surface area contributed by atoms with Crippen LogP contribution in [0.3, 0.4) is 0 Å². The quantitative estimate of drug-likeness (QED) is 0.674. The Labute approximate surface area is 113 Å². The predicted octanol–water partition coefficient (Wildman–Crippen LogP) is 2.71. The molecule has 0 unspecified atom stereocenters. The van der Waals surface area contributed by atoms with Crippen LogP contribution in [0.15, 0.2) is 47.2 Å². The molecule has 4 nitrogen and oxygen atoms in total. The molecule has 1 aromatic heterocycles. The van der Waals surface area contributed by atoms with E-state index in [0.29, 0.717) is 12.2 Å². The zero-order valence-electron chi connectivity index (χ0n) is 9.56. The number of nitrogens with two attached hydrogens (primary N) is 1. The Morgan fingerprint density at radius 1 is 1.28 bits per heavy atom. The highest BCUT2D eigenvalue weighted by atomic mass is 79.9. The van der Waals surface area contributed by atoms with E-state index in [1.807, 2.05) is 6.07 Å². The van der Waals surface area contributed by atoms with Crippen LogP contribution in [0.5, 0.6) is 5.75 Å². The number of nitrogen functional groups attached to an aromatic ring is 1. The first-order chi connectivity index (χ1) is 8.65. The molecular weight excluding hydrogens is 294 g/mol. The normalized spacial score (nSPS) is 10.1. The molecule has 0 aliphatic carbocycles. The van der Waals surface area contributed by atoms with Crippen molar-refractivity contribution in [2.24, 2.45) is 5.73 Å². The largest absolute Gasteiger partial charge is 0.489 e. The molecule has 0 aliphatic rings. The fourth-order valence-corrected chi connectivity index (χ4v) is 1.84. The standard InChI is InChI=1S/C13H12BrN3O/c14-11-5-9(6-17-7-11)8-18-12-3-1-10(2-4-12)13(15)16/h1-7H,8H2,(H3,15,16). The van der Waals surface area contributed by atoms with Crippen LogP contribution < -0.4 is 10.5 Å². The third kappa shape index (κ3) is 3.30. The Hall–Kier alpha value is -1.88. The minimum atomic E-state index is 0.0535. The molecule has 5 heteroatoms. The second-order valence-electron chi connectivity index (χ2n) is 3.74. The zero-order valence-corrected chi connectivity index (χ0v) is 11.1. The van der Waals surface area contributed by atoms with Gasteiger partial charge in [-0.05, 0) is 46.3 Å². The molecule has 1 heterocycles. The topological polar surface area (TPSA) is 72.0 Å². The van der Waals surface area contributed by atoms with Crippen molar-refractivity contribution < 1.29 is 4.74 Å². The van der Waals surface area contributed by atoms with E-state index in [0.717, 1.165) is 15.8 Å². The van der Waals surface area contributed by atoms with Crippen LogP contribution in [0, 0.1) is 5.41 Å². The highest BCUT2D eigenvalue weighted by Gasteiger charge is 1.99. The van der Waals surface area contributed by atoms with E-state index in [1.54, 1.807) is 36.7 Å². The van der Waals surface area contributed by atoms with Crippen LogP contribution in [-0.4, -0.2) is 10.8 Å². The number of aromatic nitrogens is 1. The average Bonchev–Trinajstić information content (AvgIpc) is 2.37. The number of nitrogens with zero attached hydrogens (tertiary/aromatic N) is 1. The fraction of sp³-hybridized carbons (Fsp3) is 0.0769. The van der Waals surface area contributed by atoms with E-state index in [2.05, 4.69) is 20.9 Å². The summed E-state index contributed by atoms with van der Waals surface area (Å²) in [5.41, 5.74) is 7.05. The molecule has 0 aliphatic heterocycles. The number of benzene rings is 1. The third-order valence-corrected chi connectivity index (χ3v) is 2.77. The van der Waals surface area contributed by atoms with Gasteiger partial charge < -0.3 is 10.5 Å². The SMILES string of the molecule is N=C(N)c1ccc(OCc2cncc(Br)c2)cc1. The van der Waals surface area contributed by atoms with E-state index in [1.165, 1.54) is 0 Å². The zero-order chi connectivity index (χ0) is 13.0. The lowest BCUT2D eigenvalue weighted by atomic mass is 10.2. The summed E-state index contributed by atoms with van der Waals surface area (Å²) in [6, 6.07) is 9.06. The maximum Gasteiger partial charge on any atom is 0.122 e. The van der Waals surface area contributed by atoms with Gasteiger partial charge in [0.2, 0.25) is 0 Å². The summed E-state index contributed by atoms with van der Waals surface area (Å²) in [7, 11) is 0. The number of nitrogens with one attached hydrogen (secondary N) is 1. The molecule has 0 atom stereocenters. The van der Waals surface area contributed by atoms with Crippen molar-refractivity contribution in [3.8, 4) is 5.75 Å². The smallest absolute Gasteiger partial charge is 0.122 e. The molecule has 18 heavy (non-hydrogen) atoms. The first kappa shape index (κ1) is 12.6. The molecule has 0 bridgehead atoms. The lowest BCUT2D eigenvalue weighted by Gasteiger charge is -2.07. The van der Waals surface area contributed by atoms with Gasteiger partial charge in [-0.25, -0.2) is 0 Å². The van der Waals surface area contributed by atoms with Gasteiger partial charge in [-0.3, -0.25) is 10.4 Å². The number of amidine groups is 1. The van der Waals surface area contributed by atoms with Crippen molar-refractivity contribution in [2.75, 3.05) is 0 Å². The molecular formula is C13H12BrN3O. The van der Waals surface area contributed by atoms with E-state index >= 15 is 0 Å². The Balaban J connectivity index is 2.00. The van der Waals surface area contributed by atoms with Crippen molar-refractivity contribution in [3.63, 3.8) is 0 Å². The summed E-state index contributed by atoms with van der Waals surface area (Å²) >= 11 is 3.36. The van der Waals surface area contributed by atoms with Crippen molar-refractivity contribution >= 4 is 21.8 Å². The summed E-state index contributed by atoms with van der Waals surface area (Å²) in [6.45, 7) is 0.450. The van der Waals surface area contributed by atoms with Crippen molar-refractivity contribution in [1.29, 1.82) is 5.41 Å². The monoisotopic (exact) mass is 305 g/mol. The molecule has 0 saturated heterocycles. The van der Waals surface area contributed by atoms with E-state index in [4.69, 9.17) is 15.9 Å². The third-order valence-electron chi connectivity index (χ3n) is 2.33. The van der Waals surface area contributed by atoms with E-state index in [-0.39, 0.29) is 5.84 Å². The number of rotatable bonds is 4. The van der Waals surface area contributed by atoms with Crippen molar-refractivity contribution in [1.82, 2.24) is 4.98 Å². The summed E-state index contributed by atoms with van der Waals surface area (Å²) < 4.78 is 6.54. The van der Waals surface area contributed by atoms with Crippen LogP contribution in [0.1, 0.15) is 11.1 Å². The number of ether oxygens (including phenoxy) is 1. The van der Waals surface area contributed by atoms with Gasteiger partial charge in [-0.2, -0.15) is 0 Å². The second-order valence-corrected chi connectivity index (χ2v) is 4.65. The Kier molecular flexibility index (Phi) is 3.94. The van der Waals surface area contributed by atoms with Gasteiger partial charge in [0.25, 0.3) is 0 Å². The Morgan fingerprint density at radius 3 is 2.61 bits per heavy atom. The molecule has 92 valence electrons. The Bertz CT molecular complexity index is 554. The van der Waals surface area contributed by atoms with Crippen LogP contribution in [-0.2, 0) is 6.61 Å². The maximum absolute atomic E-state index is 7.29. The van der Waals surface area contributed by atoms with Gasteiger partial charge in [0, 0.05) is 28.0 Å². The number of hydrogen-bond acceptors (Lipinski definition) is 3. The van der Waals surface area contributed by atoms with Gasteiger partial charge >= 0.3 is 0 Å². The minimum absolute atomic E-state index is 0.0535. The molecule has 0 fully saturated rings. The highest BCUT2D eigenvalue weighted by molar-refractivity contribution is 9.10. The fourth-order valence-electron chi connectivity index (χ4n) is 1.43. The van der Waals surface area contributed by atoms with Gasteiger partial charge in [0.05, 0.1) is 0 Å². The molecule has 0 saturated carbocycles. The first-order valence-electron chi connectivity index (χ1n) is 5.32. The summed E-state index contributed by atoms with van der Waals surface area (Å²) in [5, 5.41) is 7.29. The molecule has 0 spiro atoms. The Morgan fingerprint density at radius 2 is 2.00 bits per heavy atom. The van der Waals surface area contributed by atoms with Crippen molar-refractivity contribution in [3.05, 3.63) is 58.3 Å². The van der Waals surface area contributed by atoms with Gasteiger partial charge in [-0.15, -0.1) is 0 Å². The number of hydrogen-bond donors (Lipinski definition) is 2. The van der Waals surface area contributed by atoms with Crippen molar-refractivity contribution in [2.45, 2.75) is 6.61 Å². The maximum atomic E-state index is 7.29. The summed E-state index contributed by atoms with van der Waals surface area (Å²) in [5.74, 6) is 0.790.